The fourth-order valence-corrected chi connectivity index (χ4v) is 2.30. The van der Waals surface area contributed by atoms with Crippen molar-refractivity contribution in [3.8, 4) is 11.5 Å². The molecule has 0 saturated carbocycles. The third-order valence-electron chi connectivity index (χ3n) is 2.55. The number of aldehydes is 1. The van der Waals surface area contributed by atoms with Crippen LogP contribution in [0.2, 0.25) is 0 Å². The first-order valence-electron chi connectivity index (χ1n) is 5.60. The maximum atomic E-state index is 10.7. The number of thiophene rings is 1. The first kappa shape index (κ1) is 12.6. The van der Waals surface area contributed by atoms with Gasteiger partial charge in [0.2, 0.25) is 0 Å². The molecular weight excluding hydrogens is 248 g/mol. The minimum Gasteiger partial charge on any atom is -0.493 e. The summed E-state index contributed by atoms with van der Waals surface area (Å²) in [5.41, 5.74) is 1.84. The maximum absolute atomic E-state index is 10.7. The number of carbonyl (C=O) groups excluding carboxylic acids is 1. The molecular formula is C14H14O3S. The van der Waals surface area contributed by atoms with E-state index < -0.39 is 0 Å². The second-order valence-electron chi connectivity index (χ2n) is 3.76. The quantitative estimate of drug-likeness (QED) is 0.750. The largest absolute Gasteiger partial charge is 0.493 e. The van der Waals surface area contributed by atoms with Crippen LogP contribution in [-0.4, -0.2) is 20.0 Å². The summed E-state index contributed by atoms with van der Waals surface area (Å²) in [6.07, 6.45) is 1.64. The molecule has 0 saturated heterocycles. The van der Waals surface area contributed by atoms with E-state index in [0.29, 0.717) is 23.7 Å². The molecule has 3 nitrogen and oxygen atoms in total. The van der Waals surface area contributed by atoms with Crippen LogP contribution in [0.3, 0.4) is 0 Å². The van der Waals surface area contributed by atoms with Gasteiger partial charge in [-0.15, -0.1) is 0 Å². The average molecular weight is 262 g/mol. The van der Waals surface area contributed by atoms with Gasteiger partial charge in [0.15, 0.2) is 11.5 Å². The van der Waals surface area contributed by atoms with Crippen molar-refractivity contribution in [3.05, 3.63) is 46.2 Å². The van der Waals surface area contributed by atoms with E-state index in [1.165, 1.54) is 5.56 Å². The van der Waals surface area contributed by atoms with Gasteiger partial charge in [-0.2, -0.15) is 11.3 Å². The van der Waals surface area contributed by atoms with Crippen molar-refractivity contribution in [2.45, 2.75) is 6.42 Å². The van der Waals surface area contributed by atoms with Crippen LogP contribution in [0.15, 0.2) is 35.0 Å². The first-order chi connectivity index (χ1) is 8.83. The summed E-state index contributed by atoms with van der Waals surface area (Å²) >= 11 is 1.67. The molecule has 0 bridgehead atoms. The second kappa shape index (κ2) is 6.21. The number of methoxy groups -OCH3 is 1. The number of hydrogen-bond acceptors (Lipinski definition) is 4. The van der Waals surface area contributed by atoms with Crippen LogP contribution < -0.4 is 9.47 Å². The average Bonchev–Trinajstić information content (AvgIpc) is 2.92. The van der Waals surface area contributed by atoms with E-state index in [1.54, 1.807) is 36.6 Å². The normalized spacial score (nSPS) is 10.1. The van der Waals surface area contributed by atoms with E-state index in [1.807, 2.05) is 5.38 Å². The first-order valence-corrected chi connectivity index (χ1v) is 6.55. The second-order valence-corrected chi connectivity index (χ2v) is 4.54. The lowest BCUT2D eigenvalue weighted by atomic mass is 10.2. The zero-order valence-electron chi connectivity index (χ0n) is 10.1. The highest BCUT2D eigenvalue weighted by atomic mass is 32.1. The molecule has 0 atom stereocenters. The zero-order chi connectivity index (χ0) is 12.8. The zero-order valence-corrected chi connectivity index (χ0v) is 10.9. The molecule has 18 heavy (non-hydrogen) atoms. The van der Waals surface area contributed by atoms with E-state index in [-0.39, 0.29) is 0 Å². The van der Waals surface area contributed by atoms with Crippen LogP contribution in [0.25, 0.3) is 0 Å². The number of ether oxygens (including phenoxy) is 2. The molecule has 4 heteroatoms. The van der Waals surface area contributed by atoms with Crippen LogP contribution in [0, 0.1) is 0 Å². The predicted molar refractivity (Wildman–Crippen MR) is 71.9 cm³/mol. The summed E-state index contributed by atoms with van der Waals surface area (Å²) in [5.74, 6) is 1.25. The predicted octanol–water partition coefficient (Wildman–Crippen LogP) is 3.19. The number of rotatable bonds is 6. The summed E-state index contributed by atoms with van der Waals surface area (Å²) in [7, 11) is 1.58. The van der Waals surface area contributed by atoms with Gasteiger partial charge in [-0.25, -0.2) is 0 Å². The van der Waals surface area contributed by atoms with E-state index in [9.17, 15) is 4.79 Å². The Balaban J connectivity index is 2.00. The lowest BCUT2D eigenvalue weighted by molar-refractivity contribution is 0.112. The van der Waals surface area contributed by atoms with Gasteiger partial charge in [0.25, 0.3) is 0 Å². The number of benzene rings is 1. The van der Waals surface area contributed by atoms with Gasteiger partial charge in [0.1, 0.15) is 6.29 Å². The third-order valence-corrected chi connectivity index (χ3v) is 3.28. The van der Waals surface area contributed by atoms with Gasteiger partial charge in [0.05, 0.1) is 13.7 Å². The van der Waals surface area contributed by atoms with Gasteiger partial charge in [0, 0.05) is 12.0 Å². The molecule has 0 aliphatic carbocycles. The number of carbonyl (C=O) groups is 1. The monoisotopic (exact) mass is 262 g/mol. The summed E-state index contributed by atoms with van der Waals surface area (Å²) in [6, 6.07) is 7.22. The van der Waals surface area contributed by atoms with Gasteiger partial charge >= 0.3 is 0 Å². The molecule has 1 heterocycles. The van der Waals surface area contributed by atoms with Crippen molar-refractivity contribution < 1.29 is 14.3 Å². The van der Waals surface area contributed by atoms with Crippen LogP contribution in [-0.2, 0) is 6.42 Å². The molecule has 0 radical (unpaired) electrons. The maximum Gasteiger partial charge on any atom is 0.161 e. The molecule has 1 aromatic carbocycles. The van der Waals surface area contributed by atoms with Crippen LogP contribution >= 0.6 is 11.3 Å². The summed E-state index contributed by atoms with van der Waals surface area (Å²) in [6.45, 7) is 0.565. The summed E-state index contributed by atoms with van der Waals surface area (Å²) in [4.78, 5) is 10.7. The van der Waals surface area contributed by atoms with E-state index in [2.05, 4.69) is 11.4 Å². The van der Waals surface area contributed by atoms with Crippen molar-refractivity contribution in [3.63, 3.8) is 0 Å². The molecule has 1 aromatic heterocycles. The minimum atomic E-state index is 0.565. The Hall–Kier alpha value is -1.81. The topological polar surface area (TPSA) is 35.5 Å². The van der Waals surface area contributed by atoms with Crippen molar-refractivity contribution >= 4 is 17.6 Å². The molecule has 2 rings (SSSR count). The molecule has 0 aliphatic heterocycles. The van der Waals surface area contributed by atoms with Gasteiger partial charge < -0.3 is 9.47 Å². The Morgan fingerprint density at radius 3 is 2.83 bits per heavy atom. The minimum absolute atomic E-state index is 0.565. The highest BCUT2D eigenvalue weighted by Gasteiger charge is 2.05. The fraction of sp³-hybridized carbons (Fsp3) is 0.214. The van der Waals surface area contributed by atoms with E-state index in [4.69, 9.17) is 9.47 Å². The molecule has 0 N–H and O–H groups in total. The Bertz CT molecular complexity index is 506. The van der Waals surface area contributed by atoms with E-state index in [0.717, 1.165) is 12.7 Å². The Morgan fingerprint density at radius 1 is 1.28 bits per heavy atom. The van der Waals surface area contributed by atoms with Crippen molar-refractivity contribution in [2.75, 3.05) is 13.7 Å². The molecule has 0 amide bonds. The Morgan fingerprint density at radius 2 is 2.17 bits per heavy atom. The Labute approximate surface area is 110 Å². The summed E-state index contributed by atoms with van der Waals surface area (Å²) in [5, 5.41) is 4.14. The van der Waals surface area contributed by atoms with Crippen LogP contribution in [0.4, 0.5) is 0 Å². The molecule has 2 aromatic rings. The van der Waals surface area contributed by atoms with Crippen molar-refractivity contribution in [1.82, 2.24) is 0 Å². The van der Waals surface area contributed by atoms with E-state index >= 15 is 0 Å². The van der Waals surface area contributed by atoms with Crippen LogP contribution in [0.1, 0.15) is 15.9 Å². The standard InChI is InChI=1S/C14H14O3S/c1-16-13-3-2-12(9-15)8-14(13)17-6-4-11-5-7-18-10-11/h2-3,5,7-10H,4,6H2,1H3. The molecule has 0 fully saturated rings. The van der Waals surface area contributed by atoms with Crippen molar-refractivity contribution in [1.29, 1.82) is 0 Å². The molecule has 0 unspecified atom stereocenters. The lowest BCUT2D eigenvalue weighted by Crippen LogP contribution is -2.02. The van der Waals surface area contributed by atoms with Crippen LogP contribution in [0.5, 0.6) is 11.5 Å². The molecule has 0 spiro atoms. The van der Waals surface area contributed by atoms with Crippen molar-refractivity contribution in [2.24, 2.45) is 0 Å². The SMILES string of the molecule is COc1ccc(C=O)cc1OCCc1ccsc1. The van der Waals surface area contributed by atoms with Gasteiger partial charge in [-0.3, -0.25) is 4.79 Å². The fourth-order valence-electron chi connectivity index (χ4n) is 1.59. The lowest BCUT2D eigenvalue weighted by Gasteiger charge is -2.10. The molecule has 94 valence electrons. The van der Waals surface area contributed by atoms with Gasteiger partial charge in [-0.05, 0) is 40.6 Å². The Kier molecular flexibility index (Phi) is 4.36. The van der Waals surface area contributed by atoms with Gasteiger partial charge in [-0.1, -0.05) is 0 Å². The highest BCUT2D eigenvalue weighted by molar-refractivity contribution is 7.07. The smallest absolute Gasteiger partial charge is 0.161 e. The summed E-state index contributed by atoms with van der Waals surface area (Å²) < 4.78 is 10.9. The number of hydrogen-bond donors (Lipinski definition) is 0. The third kappa shape index (κ3) is 3.11. The highest BCUT2D eigenvalue weighted by Crippen LogP contribution is 2.27. The molecule has 0 aliphatic rings.